The van der Waals surface area contributed by atoms with Crippen LogP contribution in [0.15, 0.2) is 24.5 Å². The Morgan fingerprint density at radius 3 is 2.75 bits per heavy atom. The molecule has 7 nitrogen and oxygen atoms in total. The van der Waals surface area contributed by atoms with E-state index in [1.165, 1.54) is 25.6 Å². The van der Waals surface area contributed by atoms with Crippen LogP contribution in [0, 0.1) is 5.82 Å². The van der Waals surface area contributed by atoms with Crippen LogP contribution in [-0.2, 0) is 32.0 Å². The molecule has 0 bridgehead atoms. The van der Waals surface area contributed by atoms with Crippen molar-refractivity contribution >= 4 is 11.8 Å². The maximum atomic E-state index is 14.3. The fourth-order valence-corrected chi connectivity index (χ4v) is 2.78. The van der Waals surface area contributed by atoms with E-state index < -0.39 is 30.1 Å². The number of nitrogens with one attached hydrogen (secondary N) is 1. The Morgan fingerprint density at radius 1 is 1.32 bits per heavy atom. The quantitative estimate of drug-likeness (QED) is 0.720. The number of esters is 1. The standard InChI is InChI=1S/C18H18F3N3O4/c1-26-13(25)7-12-14(18-27-5-6-28-18)17(24-9-23-12)22-8-10-3-2-4-11(15(10)19)16(20)21/h2-4,9,16,18H,5-8H2,1H3,(H,22,23,24). The molecule has 3 rings (SSSR count). The lowest BCUT2D eigenvalue weighted by molar-refractivity contribution is -0.139. The molecule has 0 unspecified atom stereocenters. The highest BCUT2D eigenvalue weighted by atomic mass is 19.3. The van der Waals surface area contributed by atoms with Gasteiger partial charge in [-0.1, -0.05) is 18.2 Å². The third-order valence-electron chi connectivity index (χ3n) is 4.15. The first-order chi connectivity index (χ1) is 13.5. The minimum Gasteiger partial charge on any atom is -0.469 e. The minimum absolute atomic E-state index is 0.0464. The van der Waals surface area contributed by atoms with Crippen molar-refractivity contribution in [3.63, 3.8) is 0 Å². The van der Waals surface area contributed by atoms with Gasteiger partial charge >= 0.3 is 5.97 Å². The molecule has 0 saturated carbocycles. The summed E-state index contributed by atoms with van der Waals surface area (Å²) in [5.41, 5.74) is 0.0927. The van der Waals surface area contributed by atoms with Crippen LogP contribution in [0.1, 0.15) is 35.1 Å². The molecule has 1 N–H and O–H groups in total. The van der Waals surface area contributed by atoms with Gasteiger partial charge in [0.25, 0.3) is 6.43 Å². The van der Waals surface area contributed by atoms with Gasteiger partial charge in [0.1, 0.15) is 18.0 Å². The molecule has 1 aliphatic rings. The fraction of sp³-hybridized carbons (Fsp3) is 0.389. The lowest BCUT2D eigenvalue weighted by atomic mass is 10.1. The molecular weight excluding hydrogens is 379 g/mol. The number of hydrogen-bond acceptors (Lipinski definition) is 7. The van der Waals surface area contributed by atoms with Gasteiger partial charge in [0.05, 0.1) is 43.6 Å². The average molecular weight is 397 g/mol. The number of rotatable bonds is 7. The summed E-state index contributed by atoms with van der Waals surface area (Å²) < 4.78 is 55.7. The number of anilines is 1. The van der Waals surface area contributed by atoms with E-state index in [4.69, 9.17) is 9.47 Å². The number of ether oxygens (including phenoxy) is 3. The van der Waals surface area contributed by atoms with Crippen molar-refractivity contribution in [3.05, 3.63) is 52.7 Å². The molecule has 1 saturated heterocycles. The van der Waals surface area contributed by atoms with Crippen LogP contribution in [0.25, 0.3) is 0 Å². The smallest absolute Gasteiger partial charge is 0.311 e. The van der Waals surface area contributed by atoms with Crippen molar-refractivity contribution in [1.82, 2.24) is 9.97 Å². The molecule has 0 atom stereocenters. The largest absolute Gasteiger partial charge is 0.469 e. The van der Waals surface area contributed by atoms with Crippen molar-refractivity contribution in [2.75, 3.05) is 25.6 Å². The lowest BCUT2D eigenvalue weighted by Gasteiger charge is -2.18. The molecule has 0 aliphatic carbocycles. The van der Waals surface area contributed by atoms with Crippen LogP contribution >= 0.6 is 0 Å². The van der Waals surface area contributed by atoms with Gasteiger partial charge in [-0.05, 0) is 0 Å². The molecule has 0 radical (unpaired) electrons. The van der Waals surface area contributed by atoms with E-state index in [1.54, 1.807) is 0 Å². The Hall–Kier alpha value is -2.72. The first-order valence-electron chi connectivity index (χ1n) is 8.44. The van der Waals surface area contributed by atoms with E-state index in [2.05, 4.69) is 20.0 Å². The van der Waals surface area contributed by atoms with Gasteiger partial charge in [0.15, 0.2) is 6.29 Å². The predicted molar refractivity (Wildman–Crippen MR) is 91.1 cm³/mol. The number of carbonyl (C=O) groups is 1. The van der Waals surface area contributed by atoms with Crippen molar-refractivity contribution in [3.8, 4) is 0 Å². The molecule has 0 spiro atoms. The van der Waals surface area contributed by atoms with Gasteiger partial charge in [-0.3, -0.25) is 4.79 Å². The molecule has 2 aromatic rings. The summed E-state index contributed by atoms with van der Waals surface area (Å²) in [6.45, 7) is 0.588. The second-order valence-electron chi connectivity index (χ2n) is 5.88. The van der Waals surface area contributed by atoms with E-state index >= 15 is 0 Å². The van der Waals surface area contributed by atoms with Crippen molar-refractivity contribution in [1.29, 1.82) is 0 Å². The van der Waals surface area contributed by atoms with Gasteiger partial charge in [-0.2, -0.15) is 0 Å². The maximum Gasteiger partial charge on any atom is 0.311 e. The second-order valence-corrected chi connectivity index (χ2v) is 5.88. The molecule has 28 heavy (non-hydrogen) atoms. The topological polar surface area (TPSA) is 82.6 Å². The highest BCUT2D eigenvalue weighted by molar-refractivity contribution is 5.73. The molecule has 1 aliphatic heterocycles. The summed E-state index contributed by atoms with van der Waals surface area (Å²) in [6.07, 6.45) is -2.63. The number of halogens is 3. The molecule has 2 heterocycles. The van der Waals surface area contributed by atoms with E-state index in [0.29, 0.717) is 24.5 Å². The second kappa shape index (κ2) is 8.98. The first kappa shape index (κ1) is 20.0. The summed E-state index contributed by atoms with van der Waals surface area (Å²) >= 11 is 0. The summed E-state index contributed by atoms with van der Waals surface area (Å²) in [5.74, 6) is -1.24. The highest BCUT2D eigenvalue weighted by Gasteiger charge is 2.28. The van der Waals surface area contributed by atoms with Gasteiger partial charge in [0, 0.05) is 12.1 Å². The Kier molecular flexibility index (Phi) is 6.42. The van der Waals surface area contributed by atoms with Crippen LogP contribution in [0.2, 0.25) is 0 Å². The lowest BCUT2D eigenvalue weighted by Crippen LogP contribution is -2.16. The third-order valence-corrected chi connectivity index (χ3v) is 4.15. The number of nitrogens with zero attached hydrogens (tertiary/aromatic N) is 2. The minimum atomic E-state index is -2.92. The number of hydrogen-bond donors (Lipinski definition) is 1. The summed E-state index contributed by atoms with van der Waals surface area (Å²) in [4.78, 5) is 19.9. The van der Waals surface area contributed by atoms with E-state index in [-0.39, 0.29) is 24.3 Å². The zero-order chi connectivity index (χ0) is 20.1. The van der Waals surface area contributed by atoms with Gasteiger partial charge in [-0.25, -0.2) is 23.1 Å². The number of methoxy groups -OCH3 is 1. The predicted octanol–water partition coefficient (Wildman–Crippen LogP) is 2.93. The van der Waals surface area contributed by atoms with Gasteiger partial charge in [-0.15, -0.1) is 0 Å². The Labute approximate surface area is 158 Å². The molecule has 10 heteroatoms. The fourth-order valence-electron chi connectivity index (χ4n) is 2.78. The zero-order valence-corrected chi connectivity index (χ0v) is 15.0. The SMILES string of the molecule is COC(=O)Cc1ncnc(NCc2cccc(C(F)F)c2F)c1C1OCCO1. The third kappa shape index (κ3) is 4.39. The summed E-state index contributed by atoms with van der Waals surface area (Å²) in [6, 6.07) is 3.79. The Bertz CT molecular complexity index is 845. The van der Waals surface area contributed by atoms with Crippen molar-refractivity contribution in [2.24, 2.45) is 0 Å². The molecule has 1 fully saturated rings. The van der Waals surface area contributed by atoms with E-state index in [1.807, 2.05) is 0 Å². The van der Waals surface area contributed by atoms with Crippen LogP contribution in [-0.4, -0.2) is 36.3 Å². The Morgan fingerprint density at radius 2 is 2.07 bits per heavy atom. The van der Waals surface area contributed by atoms with Crippen LogP contribution in [0.4, 0.5) is 19.0 Å². The molecule has 1 aromatic heterocycles. The number of benzene rings is 1. The van der Waals surface area contributed by atoms with Gasteiger partial charge < -0.3 is 19.5 Å². The van der Waals surface area contributed by atoms with Crippen LogP contribution in [0.5, 0.6) is 0 Å². The summed E-state index contributed by atoms with van der Waals surface area (Å²) in [5, 5.41) is 2.90. The number of carbonyl (C=O) groups excluding carboxylic acids is 1. The molecular formula is C18H18F3N3O4. The Balaban J connectivity index is 1.88. The summed E-state index contributed by atoms with van der Waals surface area (Å²) in [7, 11) is 1.25. The number of aromatic nitrogens is 2. The molecule has 0 amide bonds. The van der Waals surface area contributed by atoms with Crippen molar-refractivity contribution in [2.45, 2.75) is 25.7 Å². The molecule has 150 valence electrons. The monoisotopic (exact) mass is 397 g/mol. The van der Waals surface area contributed by atoms with Crippen molar-refractivity contribution < 1.29 is 32.2 Å². The zero-order valence-electron chi connectivity index (χ0n) is 15.0. The van der Waals surface area contributed by atoms with Gasteiger partial charge in [0.2, 0.25) is 0 Å². The first-order valence-corrected chi connectivity index (χ1v) is 8.44. The van der Waals surface area contributed by atoms with Crippen LogP contribution in [0.3, 0.4) is 0 Å². The maximum absolute atomic E-state index is 14.3. The van der Waals surface area contributed by atoms with Crippen LogP contribution < -0.4 is 5.32 Å². The highest BCUT2D eigenvalue weighted by Crippen LogP contribution is 2.31. The normalized spacial score (nSPS) is 14.5. The van der Waals surface area contributed by atoms with E-state index in [0.717, 1.165) is 6.07 Å². The molecule has 1 aromatic carbocycles. The van der Waals surface area contributed by atoms with E-state index in [9.17, 15) is 18.0 Å². The average Bonchev–Trinajstić information content (AvgIpc) is 3.21. The number of alkyl halides is 2.